The highest BCUT2D eigenvalue weighted by molar-refractivity contribution is 7.99. The first kappa shape index (κ1) is 12.6. The molecule has 0 saturated heterocycles. The van der Waals surface area contributed by atoms with E-state index in [0.29, 0.717) is 24.5 Å². The molecule has 0 heterocycles. The van der Waals surface area contributed by atoms with Gasteiger partial charge in [-0.1, -0.05) is 6.42 Å². The number of carbonyl (C=O) groups is 2. The van der Waals surface area contributed by atoms with Crippen molar-refractivity contribution in [3.05, 3.63) is 0 Å². The number of ketones is 1. The van der Waals surface area contributed by atoms with Crippen molar-refractivity contribution < 1.29 is 14.7 Å². The van der Waals surface area contributed by atoms with E-state index in [1.54, 1.807) is 11.8 Å². The standard InChI is InChI=1S/C11H18O3S/c12-10(9-3-1-4-9)6-8-15-7-2-5-11(13)14/h9H,1-8H2,(H,13,14). The normalized spacial score (nSPS) is 16.0. The van der Waals surface area contributed by atoms with Crippen LogP contribution in [0.2, 0.25) is 0 Å². The lowest BCUT2D eigenvalue weighted by Gasteiger charge is -2.23. The van der Waals surface area contributed by atoms with Gasteiger partial charge in [0.15, 0.2) is 0 Å². The minimum Gasteiger partial charge on any atom is -0.481 e. The predicted molar refractivity (Wildman–Crippen MR) is 61.2 cm³/mol. The molecule has 0 bridgehead atoms. The maximum atomic E-state index is 11.5. The number of aliphatic carboxylic acids is 1. The summed E-state index contributed by atoms with van der Waals surface area (Å²) in [6.45, 7) is 0. The molecular formula is C11H18O3S. The Morgan fingerprint density at radius 1 is 1.20 bits per heavy atom. The van der Waals surface area contributed by atoms with Gasteiger partial charge in [0.2, 0.25) is 0 Å². The maximum Gasteiger partial charge on any atom is 0.303 e. The average molecular weight is 230 g/mol. The van der Waals surface area contributed by atoms with Gasteiger partial charge in [-0.3, -0.25) is 9.59 Å². The highest BCUT2D eigenvalue weighted by atomic mass is 32.2. The molecule has 0 amide bonds. The van der Waals surface area contributed by atoms with Gasteiger partial charge in [0.05, 0.1) is 0 Å². The fraction of sp³-hybridized carbons (Fsp3) is 0.818. The molecule has 1 aliphatic carbocycles. The summed E-state index contributed by atoms with van der Waals surface area (Å²) in [6.07, 6.45) is 5.00. The van der Waals surface area contributed by atoms with Gasteiger partial charge in [0.1, 0.15) is 5.78 Å². The van der Waals surface area contributed by atoms with Crippen molar-refractivity contribution in [3.63, 3.8) is 0 Å². The van der Waals surface area contributed by atoms with Crippen LogP contribution in [0.3, 0.4) is 0 Å². The minimum absolute atomic E-state index is 0.240. The zero-order valence-electron chi connectivity index (χ0n) is 8.91. The van der Waals surface area contributed by atoms with Crippen LogP contribution in [-0.4, -0.2) is 28.4 Å². The highest BCUT2D eigenvalue weighted by Crippen LogP contribution is 2.28. The molecule has 1 rings (SSSR count). The van der Waals surface area contributed by atoms with Crippen LogP contribution in [0.1, 0.15) is 38.5 Å². The maximum absolute atomic E-state index is 11.5. The van der Waals surface area contributed by atoms with Crippen LogP contribution in [0.25, 0.3) is 0 Å². The minimum atomic E-state index is -0.735. The molecule has 3 nitrogen and oxygen atoms in total. The predicted octanol–water partition coefficient (Wildman–Crippen LogP) is 2.34. The molecule has 1 saturated carbocycles. The zero-order chi connectivity index (χ0) is 11.1. The molecule has 0 unspecified atom stereocenters. The number of hydrogen-bond donors (Lipinski definition) is 1. The highest BCUT2D eigenvalue weighted by Gasteiger charge is 2.24. The van der Waals surface area contributed by atoms with E-state index in [1.165, 1.54) is 6.42 Å². The number of Topliss-reactive ketones (excluding diaryl/α,β-unsaturated/α-hetero) is 1. The van der Waals surface area contributed by atoms with Crippen LogP contribution in [-0.2, 0) is 9.59 Å². The second-order valence-electron chi connectivity index (χ2n) is 3.95. The first-order chi connectivity index (χ1) is 7.20. The van der Waals surface area contributed by atoms with E-state index in [2.05, 4.69) is 0 Å². The zero-order valence-corrected chi connectivity index (χ0v) is 9.72. The molecule has 86 valence electrons. The van der Waals surface area contributed by atoms with Crippen LogP contribution in [0.5, 0.6) is 0 Å². The van der Waals surface area contributed by atoms with Crippen molar-refractivity contribution in [1.82, 2.24) is 0 Å². The molecular weight excluding hydrogens is 212 g/mol. The smallest absolute Gasteiger partial charge is 0.303 e. The number of hydrogen-bond acceptors (Lipinski definition) is 3. The molecule has 0 radical (unpaired) electrons. The number of rotatable bonds is 8. The fourth-order valence-corrected chi connectivity index (χ4v) is 2.43. The Kier molecular flexibility index (Phi) is 5.76. The Labute approximate surface area is 94.6 Å². The van der Waals surface area contributed by atoms with Gasteiger partial charge in [-0.2, -0.15) is 11.8 Å². The lowest BCUT2D eigenvalue weighted by Crippen LogP contribution is -2.22. The van der Waals surface area contributed by atoms with Gasteiger partial charge in [0.25, 0.3) is 0 Å². The van der Waals surface area contributed by atoms with E-state index in [9.17, 15) is 9.59 Å². The van der Waals surface area contributed by atoms with E-state index in [4.69, 9.17) is 5.11 Å². The Morgan fingerprint density at radius 2 is 1.93 bits per heavy atom. The molecule has 1 aliphatic rings. The number of carbonyl (C=O) groups excluding carboxylic acids is 1. The largest absolute Gasteiger partial charge is 0.481 e. The van der Waals surface area contributed by atoms with Crippen molar-refractivity contribution >= 4 is 23.5 Å². The summed E-state index contributed by atoms with van der Waals surface area (Å²) in [5, 5.41) is 8.41. The molecule has 15 heavy (non-hydrogen) atoms. The molecule has 1 N–H and O–H groups in total. The van der Waals surface area contributed by atoms with Gasteiger partial charge in [0, 0.05) is 24.5 Å². The van der Waals surface area contributed by atoms with Gasteiger partial charge in [-0.15, -0.1) is 0 Å². The Bertz CT molecular complexity index is 224. The summed E-state index contributed by atoms with van der Waals surface area (Å²) in [5.74, 6) is 1.73. The summed E-state index contributed by atoms with van der Waals surface area (Å²) in [7, 11) is 0. The molecule has 0 aliphatic heterocycles. The van der Waals surface area contributed by atoms with Crippen LogP contribution in [0, 0.1) is 5.92 Å². The van der Waals surface area contributed by atoms with Gasteiger partial charge < -0.3 is 5.11 Å². The van der Waals surface area contributed by atoms with Crippen molar-refractivity contribution in [2.75, 3.05) is 11.5 Å². The SMILES string of the molecule is O=C(O)CCCSCCC(=O)C1CCC1. The molecule has 4 heteroatoms. The molecule has 0 atom stereocenters. The third kappa shape index (κ3) is 5.21. The van der Waals surface area contributed by atoms with Gasteiger partial charge in [-0.05, 0) is 25.0 Å². The van der Waals surface area contributed by atoms with E-state index in [0.717, 1.165) is 24.3 Å². The third-order valence-electron chi connectivity index (χ3n) is 2.73. The lowest BCUT2D eigenvalue weighted by molar-refractivity contribution is -0.137. The topological polar surface area (TPSA) is 54.4 Å². The Balaban J connectivity index is 1.88. The number of carboxylic acids is 1. The summed E-state index contributed by atoms with van der Waals surface area (Å²) in [4.78, 5) is 21.7. The lowest BCUT2D eigenvalue weighted by atomic mass is 9.81. The van der Waals surface area contributed by atoms with E-state index < -0.39 is 5.97 Å². The van der Waals surface area contributed by atoms with Crippen LogP contribution >= 0.6 is 11.8 Å². The van der Waals surface area contributed by atoms with Crippen molar-refractivity contribution in [2.45, 2.75) is 38.5 Å². The Hall–Kier alpha value is -0.510. The molecule has 0 aromatic rings. The van der Waals surface area contributed by atoms with Crippen molar-refractivity contribution in [3.8, 4) is 0 Å². The first-order valence-electron chi connectivity index (χ1n) is 5.52. The van der Waals surface area contributed by atoms with E-state index in [-0.39, 0.29) is 6.42 Å². The number of thioether (sulfide) groups is 1. The van der Waals surface area contributed by atoms with E-state index >= 15 is 0 Å². The third-order valence-corrected chi connectivity index (χ3v) is 3.80. The summed E-state index contributed by atoms with van der Waals surface area (Å²) in [6, 6.07) is 0. The first-order valence-corrected chi connectivity index (χ1v) is 6.68. The van der Waals surface area contributed by atoms with Crippen molar-refractivity contribution in [2.24, 2.45) is 5.92 Å². The number of carboxylic acid groups (broad SMARTS) is 1. The Morgan fingerprint density at radius 3 is 2.47 bits per heavy atom. The monoisotopic (exact) mass is 230 g/mol. The average Bonchev–Trinajstić information content (AvgIpc) is 2.07. The fourth-order valence-electron chi connectivity index (χ4n) is 1.53. The van der Waals surface area contributed by atoms with Gasteiger partial charge in [-0.25, -0.2) is 0 Å². The quantitative estimate of drug-likeness (QED) is 0.650. The summed E-state index contributed by atoms with van der Waals surface area (Å²) in [5.41, 5.74) is 0. The second kappa shape index (κ2) is 6.88. The molecule has 0 spiro atoms. The van der Waals surface area contributed by atoms with Crippen molar-refractivity contribution in [1.29, 1.82) is 0 Å². The molecule has 0 aromatic heterocycles. The summed E-state index contributed by atoms with van der Waals surface area (Å²) >= 11 is 1.69. The molecule has 0 aromatic carbocycles. The van der Waals surface area contributed by atoms with Gasteiger partial charge >= 0.3 is 5.97 Å². The second-order valence-corrected chi connectivity index (χ2v) is 5.18. The van der Waals surface area contributed by atoms with E-state index in [1.807, 2.05) is 0 Å². The van der Waals surface area contributed by atoms with Crippen LogP contribution in [0.4, 0.5) is 0 Å². The van der Waals surface area contributed by atoms with Crippen LogP contribution in [0.15, 0.2) is 0 Å². The van der Waals surface area contributed by atoms with Crippen LogP contribution < -0.4 is 0 Å². The summed E-state index contributed by atoms with van der Waals surface area (Å²) < 4.78 is 0. The molecule has 1 fully saturated rings.